The largest absolute Gasteiger partial charge is 0.489 e. The van der Waals surface area contributed by atoms with Gasteiger partial charge in [-0.05, 0) is 43.0 Å². The molecule has 1 N–H and O–H groups in total. The molecule has 0 bridgehead atoms. The zero-order valence-corrected chi connectivity index (χ0v) is 14.2. The first kappa shape index (κ1) is 16.8. The molecule has 1 saturated heterocycles. The molecule has 0 spiro atoms. The summed E-state index contributed by atoms with van der Waals surface area (Å²) in [4.78, 5) is 0. The van der Waals surface area contributed by atoms with Gasteiger partial charge in [0.1, 0.15) is 11.9 Å². The highest BCUT2D eigenvalue weighted by Gasteiger charge is 2.22. The smallest absolute Gasteiger partial charge is 0.123 e. The number of hydrogen-bond acceptors (Lipinski definition) is 2. The molecule has 0 saturated carbocycles. The molecular weight excluding hydrogens is 326 g/mol. The zero-order chi connectivity index (χ0) is 13.2. The zero-order valence-electron chi connectivity index (χ0n) is 11.8. The van der Waals surface area contributed by atoms with Crippen molar-refractivity contribution < 1.29 is 4.74 Å². The molecule has 1 aliphatic heterocycles. The molecule has 2 nitrogen and oxygen atoms in total. The summed E-state index contributed by atoms with van der Waals surface area (Å²) < 4.78 is 7.30. The minimum absolute atomic E-state index is 0. The molecule has 108 valence electrons. The second-order valence-corrected chi connectivity index (χ2v) is 6.89. The van der Waals surface area contributed by atoms with Gasteiger partial charge < -0.3 is 10.1 Å². The van der Waals surface area contributed by atoms with Crippen LogP contribution in [0.15, 0.2) is 22.7 Å². The van der Waals surface area contributed by atoms with Gasteiger partial charge in [0, 0.05) is 16.6 Å². The first-order valence-electron chi connectivity index (χ1n) is 6.64. The summed E-state index contributed by atoms with van der Waals surface area (Å²) in [6, 6.07) is 6.31. The van der Waals surface area contributed by atoms with Crippen molar-refractivity contribution in [2.45, 2.75) is 45.1 Å². The van der Waals surface area contributed by atoms with Crippen LogP contribution in [-0.2, 0) is 5.41 Å². The maximum Gasteiger partial charge on any atom is 0.123 e. The van der Waals surface area contributed by atoms with Gasteiger partial charge in [-0.25, -0.2) is 0 Å². The van der Waals surface area contributed by atoms with Crippen LogP contribution in [0.2, 0.25) is 0 Å². The quantitative estimate of drug-likeness (QED) is 0.860. The molecule has 0 aliphatic carbocycles. The number of piperidine rings is 1. The Kier molecular flexibility index (Phi) is 6.15. The Morgan fingerprint density at radius 1 is 1.32 bits per heavy atom. The van der Waals surface area contributed by atoms with Crippen molar-refractivity contribution in [1.82, 2.24) is 5.32 Å². The molecule has 1 aromatic rings. The van der Waals surface area contributed by atoms with Crippen LogP contribution in [0, 0.1) is 0 Å². The summed E-state index contributed by atoms with van der Waals surface area (Å²) in [6.07, 6.45) is 2.65. The number of rotatable bonds is 2. The van der Waals surface area contributed by atoms with Gasteiger partial charge in [-0.2, -0.15) is 0 Å². The molecule has 1 heterocycles. The fourth-order valence-corrected chi connectivity index (χ4v) is 2.65. The van der Waals surface area contributed by atoms with Crippen molar-refractivity contribution in [3.63, 3.8) is 0 Å². The summed E-state index contributed by atoms with van der Waals surface area (Å²) >= 11 is 3.55. The van der Waals surface area contributed by atoms with E-state index in [2.05, 4.69) is 60.2 Å². The Labute approximate surface area is 130 Å². The second-order valence-electron chi connectivity index (χ2n) is 5.98. The molecule has 1 unspecified atom stereocenters. The Hall–Kier alpha value is -0.250. The Morgan fingerprint density at radius 2 is 2.05 bits per heavy atom. The van der Waals surface area contributed by atoms with E-state index >= 15 is 0 Å². The predicted octanol–water partition coefficient (Wildman–Crippen LogP) is 4.30. The topological polar surface area (TPSA) is 21.3 Å². The monoisotopic (exact) mass is 347 g/mol. The first-order chi connectivity index (χ1) is 8.47. The van der Waals surface area contributed by atoms with E-state index in [4.69, 9.17) is 4.74 Å². The fraction of sp³-hybridized carbons (Fsp3) is 0.600. The molecule has 0 radical (unpaired) electrons. The number of nitrogens with one attached hydrogen (secondary N) is 1. The van der Waals surface area contributed by atoms with Crippen molar-refractivity contribution in [3.8, 4) is 5.75 Å². The maximum atomic E-state index is 6.18. The normalized spacial score (nSPS) is 19.7. The number of benzene rings is 1. The highest BCUT2D eigenvalue weighted by atomic mass is 79.9. The van der Waals surface area contributed by atoms with E-state index in [0.29, 0.717) is 6.10 Å². The summed E-state index contributed by atoms with van der Waals surface area (Å²) in [7, 11) is 0. The van der Waals surface area contributed by atoms with Crippen LogP contribution in [0.3, 0.4) is 0 Å². The van der Waals surface area contributed by atoms with E-state index in [0.717, 1.165) is 29.7 Å². The van der Waals surface area contributed by atoms with Gasteiger partial charge >= 0.3 is 0 Å². The van der Waals surface area contributed by atoms with Gasteiger partial charge in [0.05, 0.1) is 0 Å². The number of hydrogen-bond donors (Lipinski definition) is 1. The van der Waals surface area contributed by atoms with Gasteiger partial charge in [-0.1, -0.05) is 36.7 Å². The lowest BCUT2D eigenvalue weighted by Gasteiger charge is -2.28. The van der Waals surface area contributed by atoms with E-state index < -0.39 is 0 Å². The summed E-state index contributed by atoms with van der Waals surface area (Å²) in [5, 5.41) is 3.39. The lowest BCUT2D eigenvalue weighted by molar-refractivity contribution is 0.164. The molecular formula is C15H23BrClNO. The third kappa shape index (κ3) is 4.66. The standard InChI is InChI=1S/C15H22BrNO.ClH/c1-15(2,3)13-9-11(16)6-7-14(13)18-12-5-4-8-17-10-12;/h6-7,9,12,17H,4-5,8,10H2,1-3H3;1H. The Morgan fingerprint density at radius 3 is 2.63 bits per heavy atom. The van der Waals surface area contributed by atoms with Gasteiger partial charge in [0.2, 0.25) is 0 Å². The molecule has 19 heavy (non-hydrogen) atoms. The summed E-state index contributed by atoms with van der Waals surface area (Å²) in [5.41, 5.74) is 1.36. The number of ether oxygens (including phenoxy) is 1. The summed E-state index contributed by atoms with van der Waals surface area (Å²) in [6.45, 7) is 8.74. The van der Waals surface area contributed by atoms with Gasteiger partial charge in [-0.15, -0.1) is 12.4 Å². The molecule has 0 amide bonds. The average Bonchev–Trinajstić information content (AvgIpc) is 2.31. The Balaban J connectivity index is 0.00000180. The van der Waals surface area contributed by atoms with Gasteiger partial charge in [-0.3, -0.25) is 0 Å². The van der Waals surface area contributed by atoms with Crippen molar-refractivity contribution >= 4 is 28.3 Å². The van der Waals surface area contributed by atoms with E-state index in [-0.39, 0.29) is 17.8 Å². The minimum atomic E-state index is 0. The van der Waals surface area contributed by atoms with E-state index in [1.165, 1.54) is 12.0 Å². The van der Waals surface area contributed by atoms with Crippen molar-refractivity contribution in [2.75, 3.05) is 13.1 Å². The van der Waals surface area contributed by atoms with Crippen LogP contribution in [0.5, 0.6) is 5.75 Å². The van der Waals surface area contributed by atoms with Crippen molar-refractivity contribution in [2.24, 2.45) is 0 Å². The highest BCUT2D eigenvalue weighted by Crippen LogP contribution is 2.34. The third-order valence-corrected chi connectivity index (χ3v) is 3.79. The van der Waals surface area contributed by atoms with Crippen LogP contribution in [0.4, 0.5) is 0 Å². The minimum Gasteiger partial charge on any atom is -0.489 e. The number of halogens is 2. The maximum absolute atomic E-state index is 6.18. The average molecular weight is 349 g/mol. The summed E-state index contributed by atoms with van der Waals surface area (Å²) in [5.74, 6) is 1.03. The molecule has 1 atom stereocenters. The van der Waals surface area contributed by atoms with Crippen LogP contribution < -0.4 is 10.1 Å². The lowest BCUT2D eigenvalue weighted by atomic mass is 9.86. The molecule has 1 fully saturated rings. The predicted molar refractivity (Wildman–Crippen MR) is 86.6 cm³/mol. The van der Waals surface area contributed by atoms with E-state index in [1.807, 2.05) is 0 Å². The van der Waals surface area contributed by atoms with Crippen molar-refractivity contribution in [1.29, 1.82) is 0 Å². The molecule has 1 aliphatic rings. The van der Waals surface area contributed by atoms with E-state index in [1.54, 1.807) is 0 Å². The molecule has 0 aromatic heterocycles. The van der Waals surface area contributed by atoms with Crippen molar-refractivity contribution in [3.05, 3.63) is 28.2 Å². The van der Waals surface area contributed by atoms with Crippen LogP contribution in [0.1, 0.15) is 39.2 Å². The van der Waals surface area contributed by atoms with Crippen LogP contribution >= 0.6 is 28.3 Å². The van der Waals surface area contributed by atoms with Gasteiger partial charge in [0.15, 0.2) is 0 Å². The van der Waals surface area contributed by atoms with E-state index in [9.17, 15) is 0 Å². The third-order valence-electron chi connectivity index (χ3n) is 3.29. The molecule has 1 aromatic carbocycles. The van der Waals surface area contributed by atoms with Crippen LogP contribution in [-0.4, -0.2) is 19.2 Å². The Bertz CT molecular complexity index is 411. The lowest BCUT2D eigenvalue weighted by Crippen LogP contribution is -2.37. The van der Waals surface area contributed by atoms with Gasteiger partial charge in [0.25, 0.3) is 0 Å². The van der Waals surface area contributed by atoms with Crippen LogP contribution in [0.25, 0.3) is 0 Å². The SMILES string of the molecule is CC(C)(C)c1cc(Br)ccc1OC1CCCNC1.Cl. The highest BCUT2D eigenvalue weighted by molar-refractivity contribution is 9.10. The fourth-order valence-electron chi connectivity index (χ4n) is 2.29. The second kappa shape index (κ2) is 6.96. The molecule has 4 heteroatoms. The first-order valence-corrected chi connectivity index (χ1v) is 7.43. The molecule has 2 rings (SSSR count).